The lowest BCUT2D eigenvalue weighted by atomic mass is 10.1. The fourth-order valence-electron chi connectivity index (χ4n) is 2.81. The summed E-state index contributed by atoms with van der Waals surface area (Å²) in [6, 6.07) is 21.3. The minimum Gasteiger partial charge on any atom is -0.313 e. The first kappa shape index (κ1) is 19.1. The molecule has 0 atom stereocenters. The van der Waals surface area contributed by atoms with Crippen molar-refractivity contribution in [1.82, 2.24) is 0 Å². The normalized spacial score (nSPS) is 12.0. The van der Waals surface area contributed by atoms with Crippen LogP contribution in [-0.4, -0.2) is 11.9 Å². The van der Waals surface area contributed by atoms with E-state index in [1.165, 1.54) is 0 Å². The molecule has 6 heteroatoms. The molecule has 0 radical (unpaired) electrons. The van der Waals surface area contributed by atoms with Gasteiger partial charge >= 0.3 is 6.18 Å². The zero-order valence-corrected chi connectivity index (χ0v) is 15.1. The summed E-state index contributed by atoms with van der Waals surface area (Å²) in [6.45, 7) is 0. The van der Waals surface area contributed by atoms with Crippen molar-refractivity contribution < 1.29 is 22.5 Å². The maximum atomic E-state index is 13.8. The van der Waals surface area contributed by atoms with Gasteiger partial charge in [-0.05, 0) is 12.1 Å². The first-order valence-corrected chi connectivity index (χ1v) is 10.1. The van der Waals surface area contributed by atoms with Gasteiger partial charge in [-0.3, -0.25) is 4.79 Å². The summed E-state index contributed by atoms with van der Waals surface area (Å²) in [5, 5.41) is 1.08. The predicted octanol–water partition coefficient (Wildman–Crippen LogP) is 4.90. The molecule has 0 heterocycles. The summed E-state index contributed by atoms with van der Waals surface area (Å²) < 4.78 is 51.9. The lowest BCUT2D eigenvalue weighted by molar-refractivity contribution is -0.137. The third-order valence-corrected chi connectivity index (χ3v) is 7.24. The van der Waals surface area contributed by atoms with Crippen molar-refractivity contribution in [3.05, 3.63) is 96.1 Å². The van der Waals surface area contributed by atoms with Crippen LogP contribution in [0, 0.1) is 0 Å². The molecule has 0 aliphatic heterocycles. The predicted molar refractivity (Wildman–Crippen MR) is 100 cm³/mol. The van der Waals surface area contributed by atoms with E-state index in [-0.39, 0.29) is 11.7 Å². The topological polar surface area (TPSA) is 34.1 Å². The molecule has 0 amide bonds. The second-order valence-electron chi connectivity index (χ2n) is 6.07. The Hall–Kier alpha value is -2.65. The van der Waals surface area contributed by atoms with Crippen molar-refractivity contribution in [2.45, 2.75) is 6.18 Å². The zero-order chi connectivity index (χ0) is 19.5. The highest BCUT2D eigenvalue weighted by Gasteiger charge is 2.32. The van der Waals surface area contributed by atoms with Crippen molar-refractivity contribution in [2.24, 2.45) is 0 Å². The van der Waals surface area contributed by atoms with Gasteiger partial charge in [0.05, 0.1) is 11.7 Å². The molecule has 2 nitrogen and oxygen atoms in total. The van der Waals surface area contributed by atoms with Crippen LogP contribution in [-0.2, 0) is 10.7 Å². The number of rotatable bonds is 5. The van der Waals surface area contributed by atoms with E-state index in [1.54, 1.807) is 60.7 Å². The summed E-state index contributed by atoms with van der Waals surface area (Å²) in [7, 11) is -3.26. The first-order chi connectivity index (χ1) is 12.8. The van der Waals surface area contributed by atoms with Crippen LogP contribution in [0.15, 0.2) is 84.9 Å². The average molecular weight is 388 g/mol. The van der Waals surface area contributed by atoms with Crippen LogP contribution in [0.25, 0.3) is 0 Å². The molecule has 0 aliphatic carbocycles. The van der Waals surface area contributed by atoms with E-state index in [4.69, 9.17) is 0 Å². The summed E-state index contributed by atoms with van der Waals surface area (Å²) in [4.78, 5) is 12.7. The van der Waals surface area contributed by atoms with Gasteiger partial charge < -0.3 is 4.57 Å². The Morgan fingerprint density at radius 1 is 0.741 bits per heavy atom. The molecule has 3 rings (SSSR count). The Morgan fingerprint density at radius 3 is 1.59 bits per heavy atom. The minimum absolute atomic E-state index is 0.107. The van der Waals surface area contributed by atoms with E-state index < -0.39 is 24.7 Å². The molecule has 0 N–H and O–H groups in total. The van der Waals surface area contributed by atoms with Gasteiger partial charge in [0.15, 0.2) is 12.9 Å². The van der Waals surface area contributed by atoms with Crippen LogP contribution < -0.4 is 10.6 Å². The lowest BCUT2D eigenvalue weighted by Gasteiger charge is -2.19. The van der Waals surface area contributed by atoms with Crippen LogP contribution in [0.4, 0.5) is 13.2 Å². The van der Waals surface area contributed by atoms with Crippen LogP contribution in [0.2, 0.25) is 0 Å². The number of carbonyl (C=O) groups excluding carboxylic acids is 1. The molecular formula is C21H16F3O2P. The highest BCUT2D eigenvalue weighted by atomic mass is 31.2. The van der Waals surface area contributed by atoms with Gasteiger partial charge in [-0.25, -0.2) is 0 Å². The molecule has 0 aliphatic rings. The third-order valence-electron chi connectivity index (χ3n) is 4.25. The molecule has 138 valence electrons. The number of halogens is 3. The van der Waals surface area contributed by atoms with E-state index in [1.807, 2.05) is 0 Å². The monoisotopic (exact) mass is 388 g/mol. The van der Waals surface area contributed by atoms with Crippen molar-refractivity contribution >= 4 is 23.5 Å². The average Bonchev–Trinajstić information content (AvgIpc) is 2.68. The van der Waals surface area contributed by atoms with Crippen molar-refractivity contribution in [1.29, 1.82) is 0 Å². The Bertz CT molecular complexity index is 922. The molecule has 0 saturated heterocycles. The highest BCUT2D eigenvalue weighted by Crippen LogP contribution is 2.43. The fourth-order valence-corrected chi connectivity index (χ4v) is 5.37. The molecule has 0 saturated carbocycles. The highest BCUT2D eigenvalue weighted by molar-refractivity contribution is 7.79. The van der Waals surface area contributed by atoms with Gasteiger partial charge in [0.1, 0.15) is 0 Å². The molecule has 0 bridgehead atoms. The van der Waals surface area contributed by atoms with Gasteiger partial charge in [0.2, 0.25) is 0 Å². The summed E-state index contributed by atoms with van der Waals surface area (Å²) in [6.07, 6.45) is -4.75. The number of Topliss-reactive ketones (excluding diaryl/α,β-unsaturated/α-hetero) is 1. The Balaban J connectivity index is 1.96. The molecule has 0 spiro atoms. The Labute approximate surface area is 155 Å². The maximum Gasteiger partial charge on any atom is 0.416 e. The van der Waals surface area contributed by atoms with Crippen LogP contribution in [0.3, 0.4) is 0 Å². The fraction of sp³-hybridized carbons (Fsp3) is 0.0952. The number of ketones is 1. The van der Waals surface area contributed by atoms with E-state index >= 15 is 0 Å². The van der Waals surface area contributed by atoms with E-state index in [9.17, 15) is 22.5 Å². The van der Waals surface area contributed by atoms with E-state index in [2.05, 4.69) is 0 Å². The maximum absolute atomic E-state index is 13.8. The van der Waals surface area contributed by atoms with Crippen molar-refractivity contribution in [3.63, 3.8) is 0 Å². The number of hydrogen-bond donors (Lipinski definition) is 0. The number of carbonyl (C=O) groups is 1. The van der Waals surface area contributed by atoms with E-state index in [0.717, 1.165) is 24.3 Å². The standard InChI is InChI=1S/C21H16F3O2P/c22-21(23,24)17-13-11-16(12-14-17)20(25)15-27(26,18-7-3-1-4-8-18)19-9-5-2-6-10-19/h1-14H,15H2. The minimum atomic E-state index is -4.47. The van der Waals surface area contributed by atoms with Gasteiger partial charge in [-0.2, -0.15) is 13.2 Å². The van der Waals surface area contributed by atoms with Gasteiger partial charge in [0.25, 0.3) is 0 Å². The molecule has 27 heavy (non-hydrogen) atoms. The molecule has 3 aromatic rings. The van der Waals surface area contributed by atoms with Crippen LogP contribution in [0.5, 0.6) is 0 Å². The summed E-state index contributed by atoms with van der Waals surface area (Å²) >= 11 is 0. The van der Waals surface area contributed by atoms with Gasteiger partial charge in [0, 0.05) is 16.2 Å². The largest absolute Gasteiger partial charge is 0.416 e. The van der Waals surface area contributed by atoms with E-state index in [0.29, 0.717) is 10.6 Å². The molecule has 0 unspecified atom stereocenters. The summed E-state index contributed by atoms with van der Waals surface area (Å²) in [5.41, 5.74) is -0.719. The Kier molecular flexibility index (Phi) is 5.33. The summed E-state index contributed by atoms with van der Waals surface area (Å²) in [5.74, 6) is -0.459. The third kappa shape index (κ3) is 4.20. The lowest BCUT2D eigenvalue weighted by Crippen LogP contribution is -2.22. The SMILES string of the molecule is O=C(CP(=O)(c1ccccc1)c1ccccc1)c1ccc(C(F)(F)F)cc1. The van der Waals surface area contributed by atoms with Gasteiger partial charge in [-0.1, -0.05) is 72.8 Å². The zero-order valence-electron chi connectivity index (χ0n) is 14.2. The first-order valence-electron chi connectivity index (χ1n) is 8.21. The second-order valence-corrected chi connectivity index (χ2v) is 8.90. The number of hydrogen-bond acceptors (Lipinski definition) is 2. The quantitative estimate of drug-likeness (QED) is 0.460. The van der Waals surface area contributed by atoms with Crippen molar-refractivity contribution in [2.75, 3.05) is 6.16 Å². The Morgan fingerprint density at radius 2 is 1.19 bits per heavy atom. The smallest absolute Gasteiger partial charge is 0.313 e. The van der Waals surface area contributed by atoms with Gasteiger partial charge in [-0.15, -0.1) is 0 Å². The second kappa shape index (κ2) is 7.53. The van der Waals surface area contributed by atoms with Crippen molar-refractivity contribution in [3.8, 4) is 0 Å². The molecule has 3 aromatic carbocycles. The molecule has 0 aromatic heterocycles. The van der Waals surface area contributed by atoms with Crippen LogP contribution in [0.1, 0.15) is 15.9 Å². The molecular weight excluding hydrogens is 372 g/mol. The molecule has 0 fully saturated rings. The number of benzene rings is 3. The number of alkyl halides is 3. The van der Waals surface area contributed by atoms with Crippen LogP contribution >= 0.6 is 7.14 Å².